The van der Waals surface area contributed by atoms with E-state index >= 15 is 0 Å². The van der Waals surface area contributed by atoms with Crippen LogP contribution in [0.5, 0.6) is 0 Å². The maximum atomic E-state index is 13.3. The number of imidazole rings is 1. The fourth-order valence-electron chi connectivity index (χ4n) is 3.72. The number of carbonyl (C=O) groups is 1. The molecule has 0 aliphatic carbocycles. The number of aromatic amines is 1. The van der Waals surface area contributed by atoms with E-state index in [2.05, 4.69) is 20.2 Å². The number of H-pyrrole nitrogens is 1. The molecule has 5 heterocycles. The number of carbonyl (C=O) groups excluding carboxylic acids is 1. The minimum absolute atomic E-state index is 0.189. The van der Waals surface area contributed by atoms with Crippen molar-refractivity contribution in [2.45, 2.75) is 19.0 Å². The van der Waals surface area contributed by atoms with Crippen LogP contribution in [-0.2, 0) is 6.42 Å². The van der Waals surface area contributed by atoms with Gasteiger partial charge in [-0.1, -0.05) is 17.7 Å². The van der Waals surface area contributed by atoms with E-state index in [-0.39, 0.29) is 5.69 Å². The molecule has 0 radical (unpaired) electrons. The van der Waals surface area contributed by atoms with Gasteiger partial charge in [0.05, 0.1) is 23.2 Å². The van der Waals surface area contributed by atoms with Crippen molar-refractivity contribution in [2.24, 2.45) is 0 Å². The average Bonchev–Trinajstić information content (AvgIpc) is 3.44. The Hall–Kier alpha value is -3.27. The van der Waals surface area contributed by atoms with Crippen LogP contribution in [0.15, 0.2) is 42.9 Å². The molecule has 5 rings (SSSR count). The molecule has 4 aromatic heterocycles. The van der Waals surface area contributed by atoms with Crippen LogP contribution in [0.25, 0.3) is 5.52 Å². The summed E-state index contributed by atoms with van der Waals surface area (Å²) in [7, 11) is 0. The van der Waals surface area contributed by atoms with Gasteiger partial charge in [-0.3, -0.25) is 4.79 Å². The molecule has 148 valence electrons. The Kier molecular flexibility index (Phi) is 4.09. The van der Waals surface area contributed by atoms with Crippen molar-refractivity contribution in [2.75, 3.05) is 6.54 Å². The number of hydrogen-bond acceptors (Lipinski definition) is 4. The summed E-state index contributed by atoms with van der Waals surface area (Å²) in [6.45, 7) is -2.60. The molecule has 1 atom stereocenters. The largest absolute Gasteiger partial charge is 0.348 e. The lowest BCUT2D eigenvalue weighted by Crippen LogP contribution is -2.41. The van der Waals surface area contributed by atoms with Crippen molar-refractivity contribution in [3.63, 3.8) is 0 Å². The number of pyridine rings is 1. The van der Waals surface area contributed by atoms with Gasteiger partial charge in [0, 0.05) is 24.9 Å². The summed E-state index contributed by atoms with van der Waals surface area (Å²) >= 11 is 6.23. The number of rotatable bonds is 3. The van der Waals surface area contributed by atoms with Gasteiger partial charge in [-0.2, -0.15) is 23.7 Å². The molecule has 0 fully saturated rings. The SMILES string of the molecule is O=C(c1ccnn1C(F)F)N1CCc2[nH]cnc2C1c1cc2cccc(Cl)n2n1. The highest BCUT2D eigenvalue weighted by molar-refractivity contribution is 6.29. The zero-order valence-corrected chi connectivity index (χ0v) is 15.6. The molecule has 1 unspecified atom stereocenters. The van der Waals surface area contributed by atoms with Crippen LogP contribution < -0.4 is 0 Å². The number of alkyl halides is 2. The molecule has 0 saturated heterocycles. The highest BCUT2D eigenvalue weighted by Gasteiger charge is 2.37. The summed E-state index contributed by atoms with van der Waals surface area (Å²) in [5.74, 6) is -0.565. The first kappa shape index (κ1) is 17.8. The summed E-state index contributed by atoms with van der Waals surface area (Å²) in [5.41, 5.74) is 2.62. The Morgan fingerprint density at radius 3 is 2.97 bits per heavy atom. The highest BCUT2D eigenvalue weighted by Crippen LogP contribution is 2.35. The number of hydrogen-bond donors (Lipinski definition) is 1. The molecule has 0 saturated carbocycles. The van der Waals surface area contributed by atoms with Crippen molar-refractivity contribution >= 4 is 23.0 Å². The second-order valence-electron chi connectivity index (χ2n) is 6.61. The molecule has 1 aliphatic rings. The van der Waals surface area contributed by atoms with Crippen LogP contribution in [0.1, 0.15) is 40.2 Å². The van der Waals surface area contributed by atoms with Gasteiger partial charge in [0.1, 0.15) is 16.9 Å². The number of nitrogens with zero attached hydrogens (tertiary/aromatic N) is 6. The predicted molar refractivity (Wildman–Crippen MR) is 98.9 cm³/mol. The molecule has 4 aromatic rings. The topological polar surface area (TPSA) is 84.1 Å². The zero-order valence-electron chi connectivity index (χ0n) is 14.8. The van der Waals surface area contributed by atoms with Crippen molar-refractivity contribution < 1.29 is 13.6 Å². The monoisotopic (exact) mass is 417 g/mol. The molecule has 29 heavy (non-hydrogen) atoms. The van der Waals surface area contributed by atoms with Gasteiger partial charge in [-0.15, -0.1) is 0 Å². The minimum atomic E-state index is -2.91. The fourth-order valence-corrected chi connectivity index (χ4v) is 3.92. The number of amides is 1. The third-order valence-electron chi connectivity index (χ3n) is 5.00. The van der Waals surface area contributed by atoms with E-state index in [4.69, 9.17) is 11.6 Å². The van der Waals surface area contributed by atoms with Gasteiger partial charge in [-0.25, -0.2) is 9.50 Å². The predicted octanol–water partition coefficient (Wildman–Crippen LogP) is 3.09. The van der Waals surface area contributed by atoms with E-state index < -0.39 is 18.5 Å². The molecule has 1 aliphatic heterocycles. The Morgan fingerprint density at radius 1 is 1.31 bits per heavy atom. The van der Waals surface area contributed by atoms with E-state index in [0.29, 0.717) is 34.2 Å². The first-order valence-electron chi connectivity index (χ1n) is 8.83. The normalized spacial score (nSPS) is 16.6. The molecule has 0 bridgehead atoms. The van der Waals surface area contributed by atoms with E-state index in [9.17, 15) is 13.6 Å². The molecule has 1 N–H and O–H groups in total. The summed E-state index contributed by atoms with van der Waals surface area (Å²) < 4.78 is 28.5. The molecule has 8 nitrogen and oxygen atoms in total. The standard InChI is InChI=1S/C18H14ClF2N7O/c19-14-3-1-2-10-8-12(25-27(10)14)16-15-11(22-9-23-15)5-7-26(16)17(29)13-4-6-24-28(13)18(20)21/h1-4,6,8-9,16,18H,5,7H2,(H,22,23). The Balaban J connectivity index is 1.63. The van der Waals surface area contributed by atoms with Crippen LogP contribution >= 0.6 is 11.6 Å². The molecular weight excluding hydrogens is 404 g/mol. The smallest absolute Gasteiger partial charge is 0.333 e. The Morgan fingerprint density at radius 2 is 2.17 bits per heavy atom. The van der Waals surface area contributed by atoms with Gasteiger partial charge in [0.2, 0.25) is 0 Å². The molecule has 0 aromatic carbocycles. The third kappa shape index (κ3) is 2.79. The van der Waals surface area contributed by atoms with Crippen molar-refractivity contribution in [3.05, 3.63) is 70.8 Å². The number of fused-ring (bicyclic) bond motifs is 2. The van der Waals surface area contributed by atoms with E-state index in [1.165, 1.54) is 17.2 Å². The van der Waals surface area contributed by atoms with E-state index in [0.717, 1.165) is 11.2 Å². The molecule has 11 heteroatoms. The van der Waals surface area contributed by atoms with Gasteiger partial charge in [-0.05, 0) is 24.3 Å². The maximum absolute atomic E-state index is 13.3. The van der Waals surface area contributed by atoms with Crippen LogP contribution in [0.4, 0.5) is 8.78 Å². The number of halogens is 3. The number of aromatic nitrogens is 6. The summed E-state index contributed by atoms with van der Waals surface area (Å²) in [4.78, 5) is 22.2. The fraction of sp³-hybridized carbons (Fsp3) is 0.222. The zero-order chi connectivity index (χ0) is 20.1. The molecule has 1 amide bonds. The van der Waals surface area contributed by atoms with Gasteiger partial charge in [0.25, 0.3) is 5.91 Å². The first-order valence-corrected chi connectivity index (χ1v) is 9.21. The van der Waals surface area contributed by atoms with Crippen LogP contribution in [0.2, 0.25) is 5.15 Å². The lowest BCUT2D eigenvalue weighted by Gasteiger charge is -2.34. The van der Waals surface area contributed by atoms with Gasteiger partial charge in [0.15, 0.2) is 0 Å². The quantitative estimate of drug-likeness (QED) is 0.519. The van der Waals surface area contributed by atoms with E-state index in [1.807, 2.05) is 12.1 Å². The summed E-state index contributed by atoms with van der Waals surface area (Å²) in [6.07, 6.45) is 3.26. The lowest BCUT2D eigenvalue weighted by molar-refractivity contribution is 0.0441. The first-order chi connectivity index (χ1) is 14.0. The van der Waals surface area contributed by atoms with E-state index in [1.54, 1.807) is 23.0 Å². The summed E-state index contributed by atoms with van der Waals surface area (Å²) in [5, 5.41) is 8.54. The van der Waals surface area contributed by atoms with Crippen LogP contribution in [0, 0.1) is 0 Å². The van der Waals surface area contributed by atoms with Gasteiger partial charge < -0.3 is 9.88 Å². The third-order valence-corrected chi connectivity index (χ3v) is 5.29. The second kappa shape index (κ2) is 6.66. The van der Waals surface area contributed by atoms with Crippen molar-refractivity contribution in [1.82, 2.24) is 34.3 Å². The van der Waals surface area contributed by atoms with Gasteiger partial charge >= 0.3 is 6.55 Å². The lowest BCUT2D eigenvalue weighted by atomic mass is 9.99. The Labute approximate surface area is 167 Å². The maximum Gasteiger partial charge on any atom is 0.333 e. The number of nitrogens with one attached hydrogen (secondary N) is 1. The Bertz CT molecular complexity index is 1210. The van der Waals surface area contributed by atoms with Crippen molar-refractivity contribution in [3.8, 4) is 0 Å². The average molecular weight is 418 g/mol. The van der Waals surface area contributed by atoms with Crippen LogP contribution in [0.3, 0.4) is 0 Å². The molecule has 0 spiro atoms. The van der Waals surface area contributed by atoms with Crippen molar-refractivity contribution in [1.29, 1.82) is 0 Å². The summed E-state index contributed by atoms with van der Waals surface area (Å²) in [6, 6.07) is 7.80. The minimum Gasteiger partial charge on any atom is -0.348 e. The second-order valence-corrected chi connectivity index (χ2v) is 7.00. The molecular formula is C18H14ClF2N7O. The highest BCUT2D eigenvalue weighted by atomic mass is 35.5. The van der Waals surface area contributed by atoms with Crippen LogP contribution in [-0.4, -0.2) is 46.7 Å².